The van der Waals surface area contributed by atoms with Crippen LogP contribution in [-0.4, -0.2) is 17.1 Å². The van der Waals surface area contributed by atoms with Crippen molar-refractivity contribution in [3.63, 3.8) is 0 Å². The molecule has 0 aromatic heterocycles. The monoisotopic (exact) mass is 197 g/mol. The molecule has 1 aromatic carbocycles. The summed E-state index contributed by atoms with van der Waals surface area (Å²) in [4.78, 5) is 10.3. The number of hydrogen-bond acceptors (Lipinski definition) is 3. The summed E-state index contributed by atoms with van der Waals surface area (Å²) in [5.41, 5.74) is 1.67. The highest BCUT2D eigenvalue weighted by molar-refractivity contribution is 7.88. The van der Waals surface area contributed by atoms with Gasteiger partial charge in [0.2, 0.25) is 0 Å². The van der Waals surface area contributed by atoms with Gasteiger partial charge in [0.15, 0.2) is 0 Å². The van der Waals surface area contributed by atoms with Crippen molar-refractivity contribution in [2.75, 3.05) is 6.26 Å². The average molecular weight is 197 g/mol. The molecule has 0 amide bonds. The first-order valence-electron chi connectivity index (χ1n) is 3.83. The van der Waals surface area contributed by atoms with E-state index in [0.29, 0.717) is 12.1 Å². The number of benzene rings is 1. The van der Waals surface area contributed by atoms with E-state index in [2.05, 4.69) is 4.72 Å². The molecule has 0 saturated heterocycles. The summed E-state index contributed by atoms with van der Waals surface area (Å²) >= 11 is -0.993. The van der Waals surface area contributed by atoms with Crippen molar-refractivity contribution in [2.45, 2.75) is 6.54 Å². The first-order valence-corrected chi connectivity index (χ1v) is 5.39. The summed E-state index contributed by atoms with van der Waals surface area (Å²) in [5.74, 6) is 0. The quantitative estimate of drug-likeness (QED) is 0.576. The van der Waals surface area contributed by atoms with Crippen LogP contribution >= 0.6 is 0 Å². The summed E-state index contributed by atoms with van der Waals surface area (Å²) in [7, 11) is 0. The van der Waals surface area contributed by atoms with E-state index >= 15 is 0 Å². The first-order chi connectivity index (χ1) is 6.22. The molecule has 4 heteroatoms. The molecule has 0 bridgehead atoms. The molecule has 1 unspecified atom stereocenters. The van der Waals surface area contributed by atoms with Gasteiger partial charge in [-0.15, -0.1) is 4.72 Å². The van der Waals surface area contributed by atoms with Crippen molar-refractivity contribution < 1.29 is 9.35 Å². The predicted octanol–water partition coefficient (Wildman–Crippen LogP) is 0.882. The molecule has 0 saturated carbocycles. The van der Waals surface area contributed by atoms with Crippen LogP contribution in [0.15, 0.2) is 24.3 Å². The van der Waals surface area contributed by atoms with E-state index in [1.54, 1.807) is 18.4 Å². The normalized spacial score (nSPS) is 12.5. The van der Waals surface area contributed by atoms with Gasteiger partial charge in [0.25, 0.3) is 0 Å². The van der Waals surface area contributed by atoms with Gasteiger partial charge in [-0.05, 0) is 5.56 Å². The molecule has 70 valence electrons. The Hall–Kier alpha value is -0.840. The van der Waals surface area contributed by atoms with Gasteiger partial charge in [-0.1, -0.05) is 24.3 Å². The van der Waals surface area contributed by atoms with Crippen molar-refractivity contribution in [2.24, 2.45) is 0 Å². The third kappa shape index (κ3) is 3.59. The Morgan fingerprint density at radius 1 is 1.46 bits per heavy atom. The van der Waals surface area contributed by atoms with E-state index in [9.17, 15) is 9.35 Å². The van der Waals surface area contributed by atoms with E-state index < -0.39 is 11.4 Å². The highest BCUT2D eigenvalue weighted by Crippen LogP contribution is 2.02. The minimum atomic E-state index is -0.993. The summed E-state index contributed by atoms with van der Waals surface area (Å²) in [6.45, 7) is 0.558. The maximum Gasteiger partial charge on any atom is 0.150 e. The van der Waals surface area contributed by atoms with E-state index in [-0.39, 0.29) is 0 Å². The predicted molar refractivity (Wildman–Crippen MR) is 52.7 cm³/mol. The van der Waals surface area contributed by atoms with Gasteiger partial charge in [-0.25, -0.2) is 0 Å². The van der Waals surface area contributed by atoms with E-state index in [1.165, 1.54) is 0 Å². The molecule has 0 heterocycles. The van der Waals surface area contributed by atoms with Gasteiger partial charge in [0.05, 0.1) is 6.54 Å². The van der Waals surface area contributed by atoms with Crippen LogP contribution in [0.1, 0.15) is 15.9 Å². The standard InChI is InChI=1S/C9H11NO2S/c1-13(12)10-6-8-2-4-9(7-11)5-3-8/h2-5,7,10H,6H2,1H3. The second-order valence-electron chi connectivity index (χ2n) is 2.63. The van der Waals surface area contributed by atoms with Crippen LogP contribution in [-0.2, 0) is 17.9 Å². The van der Waals surface area contributed by atoms with Crippen LogP contribution < -0.4 is 4.72 Å². The lowest BCUT2D eigenvalue weighted by atomic mass is 10.1. The van der Waals surface area contributed by atoms with Crippen molar-refractivity contribution in [3.05, 3.63) is 35.4 Å². The van der Waals surface area contributed by atoms with Gasteiger partial charge in [-0.3, -0.25) is 4.79 Å². The van der Waals surface area contributed by atoms with Crippen molar-refractivity contribution in [1.29, 1.82) is 0 Å². The molecular weight excluding hydrogens is 186 g/mol. The maximum atomic E-state index is 10.7. The molecule has 1 aromatic rings. The minimum absolute atomic E-state index is 0.558. The van der Waals surface area contributed by atoms with Crippen molar-refractivity contribution in [3.8, 4) is 0 Å². The zero-order valence-electron chi connectivity index (χ0n) is 7.32. The zero-order valence-corrected chi connectivity index (χ0v) is 8.14. The molecule has 13 heavy (non-hydrogen) atoms. The molecule has 1 rings (SSSR count). The van der Waals surface area contributed by atoms with Crippen LogP contribution in [0, 0.1) is 0 Å². The second kappa shape index (κ2) is 5.01. The number of nitrogens with one attached hydrogen (secondary N) is 1. The second-order valence-corrected chi connectivity index (χ2v) is 3.83. The Bertz CT molecular complexity index is 271. The Morgan fingerprint density at radius 2 is 2.08 bits per heavy atom. The van der Waals surface area contributed by atoms with Gasteiger partial charge in [-0.2, -0.15) is 0 Å². The summed E-state index contributed by atoms with van der Waals surface area (Å²) in [5, 5.41) is 0. The highest BCUT2D eigenvalue weighted by Gasteiger charge is 1.97. The number of carbonyl (C=O) groups excluding carboxylic acids is 1. The molecule has 3 nitrogen and oxygen atoms in total. The smallest absolute Gasteiger partial charge is 0.150 e. The zero-order chi connectivity index (χ0) is 9.68. The Kier molecular flexibility index (Phi) is 3.95. The molecule has 1 N–H and O–H groups in total. The Labute approximate surface area is 80.5 Å². The summed E-state index contributed by atoms with van der Waals surface area (Å²) in [6.07, 6.45) is 2.38. The maximum absolute atomic E-state index is 10.7. The van der Waals surface area contributed by atoms with Gasteiger partial charge in [0.1, 0.15) is 12.5 Å². The molecule has 0 radical (unpaired) electrons. The molecule has 0 aliphatic rings. The Balaban J connectivity index is 2.54. The minimum Gasteiger partial charge on any atom is -0.598 e. The number of aldehydes is 1. The summed E-state index contributed by atoms with van der Waals surface area (Å²) in [6, 6.07) is 7.15. The molecule has 0 aliphatic carbocycles. The summed E-state index contributed by atoms with van der Waals surface area (Å²) < 4.78 is 13.5. The van der Waals surface area contributed by atoms with Gasteiger partial charge in [0, 0.05) is 16.9 Å². The molecular formula is C9H11NO2S. The van der Waals surface area contributed by atoms with E-state index in [4.69, 9.17) is 0 Å². The van der Waals surface area contributed by atoms with Crippen molar-refractivity contribution in [1.82, 2.24) is 4.72 Å². The Morgan fingerprint density at radius 3 is 2.54 bits per heavy atom. The highest BCUT2D eigenvalue weighted by atomic mass is 32.2. The number of hydrogen-bond donors (Lipinski definition) is 1. The molecule has 0 aliphatic heterocycles. The van der Waals surface area contributed by atoms with E-state index in [1.807, 2.05) is 12.1 Å². The lowest BCUT2D eigenvalue weighted by Crippen LogP contribution is -2.21. The first kappa shape index (κ1) is 10.2. The average Bonchev–Trinajstić information content (AvgIpc) is 2.15. The third-order valence-corrected chi connectivity index (χ3v) is 2.15. The third-order valence-electron chi connectivity index (χ3n) is 1.60. The van der Waals surface area contributed by atoms with Crippen LogP contribution in [0.5, 0.6) is 0 Å². The molecule has 0 fully saturated rings. The fourth-order valence-electron chi connectivity index (χ4n) is 0.899. The van der Waals surface area contributed by atoms with Crippen LogP contribution in [0.3, 0.4) is 0 Å². The lowest BCUT2D eigenvalue weighted by Gasteiger charge is -2.05. The lowest BCUT2D eigenvalue weighted by molar-refractivity contribution is 0.112. The largest absolute Gasteiger partial charge is 0.598 e. The fraction of sp³-hybridized carbons (Fsp3) is 0.222. The van der Waals surface area contributed by atoms with Crippen LogP contribution in [0.4, 0.5) is 0 Å². The molecule has 0 spiro atoms. The number of rotatable bonds is 4. The van der Waals surface area contributed by atoms with Crippen LogP contribution in [0.2, 0.25) is 0 Å². The van der Waals surface area contributed by atoms with Gasteiger partial charge >= 0.3 is 0 Å². The SMILES string of the molecule is C[S+]([O-])NCc1ccc(C=O)cc1. The van der Waals surface area contributed by atoms with Gasteiger partial charge < -0.3 is 4.55 Å². The number of carbonyl (C=O) groups is 1. The topological polar surface area (TPSA) is 52.2 Å². The van der Waals surface area contributed by atoms with Crippen LogP contribution in [0.25, 0.3) is 0 Å². The molecule has 1 atom stereocenters. The van der Waals surface area contributed by atoms with E-state index in [0.717, 1.165) is 11.8 Å². The van der Waals surface area contributed by atoms with Crippen molar-refractivity contribution >= 4 is 17.6 Å². The fourth-order valence-corrected chi connectivity index (χ4v) is 1.27.